The molecule has 0 aliphatic carbocycles. The molecule has 0 radical (unpaired) electrons. The smallest absolute Gasteiger partial charge is 0.270 e. The molecule has 2 aromatic rings. The van der Waals surface area contributed by atoms with E-state index < -0.39 is 0 Å². The lowest BCUT2D eigenvalue weighted by Crippen LogP contribution is -2.27. The van der Waals surface area contributed by atoms with Gasteiger partial charge in [-0.2, -0.15) is 0 Å². The second-order valence-corrected chi connectivity index (χ2v) is 7.63. The average Bonchev–Trinajstić information content (AvgIpc) is 3.00. The molecule has 1 amide bonds. The molecule has 0 bridgehead atoms. The Hall–Kier alpha value is -2.77. The minimum Gasteiger partial charge on any atom is -0.497 e. The van der Waals surface area contributed by atoms with Crippen LogP contribution in [0.2, 0.25) is 0 Å². The molecule has 1 aliphatic rings. The second-order valence-electron chi connectivity index (χ2n) is 5.95. The van der Waals surface area contributed by atoms with E-state index in [2.05, 4.69) is 6.58 Å². The number of rotatable bonds is 8. The summed E-state index contributed by atoms with van der Waals surface area (Å²) in [6.45, 7) is 6.46. The van der Waals surface area contributed by atoms with Crippen LogP contribution in [-0.2, 0) is 4.79 Å². The van der Waals surface area contributed by atoms with Gasteiger partial charge in [-0.3, -0.25) is 9.69 Å². The molecule has 0 spiro atoms. The Balaban J connectivity index is 1.86. The number of ether oxygens (including phenoxy) is 3. The molecule has 1 aliphatic heterocycles. The number of carbonyl (C=O) groups is 1. The highest BCUT2D eigenvalue weighted by Crippen LogP contribution is 2.37. The Morgan fingerprint density at radius 1 is 1.14 bits per heavy atom. The van der Waals surface area contributed by atoms with Crippen LogP contribution in [0.4, 0.5) is 5.69 Å². The molecule has 150 valence electrons. The zero-order valence-corrected chi connectivity index (χ0v) is 17.8. The molecule has 29 heavy (non-hydrogen) atoms. The Labute approximate surface area is 179 Å². The summed E-state index contributed by atoms with van der Waals surface area (Å²) < 4.78 is 17.0. The summed E-state index contributed by atoms with van der Waals surface area (Å²) in [6.07, 6.45) is 3.48. The Morgan fingerprint density at radius 3 is 2.55 bits per heavy atom. The molecular formula is C22H21NO4S2. The van der Waals surface area contributed by atoms with Crippen molar-refractivity contribution >= 4 is 46.0 Å². The van der Waals surface area contributed by atoms with Crippen LogP contribution in [-0.4, -0.2) is 30.6 Å². The van der Waals surface area contributed by atoms with E-state index in [1.165, 1.54) is 16.7 Å². The minimum atomic E-state index is -0.157. The molecule has 1 fully saturated rings. The van der Waals surface area contributed by atoms with Crippen molar-refractivity contribution in [3.63, 3.8) is 0 Å². The Bertz CT molecular complexity index is 954. The first-order chi connectivity index (χ1) is 14.1. The van der Waals surface area contributed by atoms with Gasteiger partial charge in [-0.1, -0.05) is 42.7 Å². The minimum absolute atomic E-state index is 0.157. The number of methoxy groups -OCH3 is 1. The Morgan fingerprint density at radius 2 is 1.90 bits per heavy atom. The van der Waals surface area contributed by atoms with Crippen molar-refractivity contribution in [1.82, 2.24) is 0 Å². The highest BCUT2D eigenvalue weighted by Gasteiger charge is 2.33. The highest BCUT2D eigenvalue weighted by atomic mass is 32.2. The summed E-state index contributed by atoms with van der Waals surface area (Å²) in [5, 5.41) is 0. The van der Waals surface area contributed by atoms with Gasteiger partial charge in [-0.05, 0) is 55.0 Å². The van der Waals surface area contributed by atoms with Crippen molar-refractivity contribution in [2.45, 2.75) is 6.92 Å². The van der Waals surface area contributed by atoms with Crippen LogP contribution in [0, 0.1) is 0 Å². The maximum absolute atomic E-state index is 12.9. The van der Waals surface area contributed by atoms with E-state index in [-0.39, 0.29) is 5.91 Å². The summed E-state index contributed by atoms with van der Waals surface area (Å²) >= 11 is 6.70. The number of hydrogen-bond acceptors (Lipinski definition) is 6. The van der Waals surface area contributed by atoms with Crippen molar-refractivity contribution in [3.05, 3.63) is 65.6 Å². The van der Waals surface area contributed by atoms with Gasteiger partial charge >= 0.3 is 0 Å². The third-order valence-electron chi connectivity index (χ3n) is 4.05. The molecule has 0 unspecified atom stereocenters. The van der Waals surface area contributed by atoms with E-state index in [1.54, 1.807) is 25.3 Å². The van der Waals surface area contributed by atoms with Crippen LogP contribution in [0.3, 0.4) is 0 Å². The second kappa shape index (κ2) is 9.62. The maximum Gasteiger partial charge on any atom is 0.270 e. The molecule has 0 N–H and O–H groups in total. The van der Waals surface area contributed by atoms with Gasteiger partial charge in [0.1, 0.15) is 12.4 Å². The van der Waals surface area contributed by atoms with Crippen LogP contribution in [0.5, 0.6) is 17.2 Å². The lowest BCUT2D eigenvalue weighted by molar-refractivity contribution is -0.113. The molecule has 1 heterocycles. The normalized spacial score (nSPS) is 15.0. The maximum atomic E-state index is 12.9. The summed E-state index contributed by atoms with van der Waals surface area (Å²) in [5.74, 6) is 1.82. The van der Waals surface area contributed by atoms with Crippen molar-refractivity contribution in [2.75, 3.05) is 25.2 Å². The van der Waals surface area contributed by atoms with E-state index >= 15 is 0 Å². The molecule has 0 saturated carbocycles. The van der Waals surface area contributed by atoms with Gasteiger partial charge in [0.25, 0.3) is 5.91 Å². The van der Waals surface area contributed by atoms with E-state index in [9.17, 15) is 4.79 Å². The topological polar surface area (TPSA) is 48.0 Å². The number of carbonyl (C=O) groups excluding carboxylic acids is 1. The van der Waals surface area contributed by atoms with Gasteiger partial charge in [0, 0.05) is 0 Å². The number of benzene rings is 2. The van der Waals surface area contributed by atoms with Crippen LogP contribution < -0.4 is 19.1 Å². The molecule has 3 rings (SSSR count). The van der Waals surface area contributed by atoms with Crippen molar-refractivity contribution in [1.29, 1.82) is 0 Å². The molecule has 5 nitrogen and oxygen atoms in total. The quantitative estimate of drug-likeness (QED) is 0.333. The summed E-state index contributed by atoms with van der Waals surface area (Å²) in [4.78, 5) is 15.0. The van der Waals surface area contributed by atoms with Crippen LogP contribution in [0.15, 0.2) is 60.0 Å². The van der Waals surface area contributed by atoms with Crippen LogP contribution in [0.1, 0.15) is 12.5 Å². The summed E-state index contributed by atoms with van der Waals surface area (Å²) in [7, 11) is 1.60. The molecule has 0 atom stereocenters. The van der Waals surface area contributed by atoms with Gasteiger partial charge in [0.2, 0.25) is 0 Å². The molecule has 7 heteroatoms. The van der Waals surface area contributed by atoms with Crippen LogP contribution >= 0.6 is 24.0 Å². The number of hydrogen-bond donors (Lipinski definition) is 0. The fraction of sp³-hybridized carbons (Fsp3) is 0.182. The molecule has 2 aromatic carbocycles. The fourth-order valence-corrected chi connectivity index (χ4v) is 4.02. The number of anilines is 1. The predicted octanol–water partition coefficient (Wildman–Crippen LogP) is 5.06. The first-order valence-electron chi connectivity index (χ1n) is 9.00. The summed E-state index contributed by atoms with van der Waals surface area (Å²) in [6, 6.07) is 12.8. The predicted molar refractivity (Wildman–Crippen MR) is 122 cm³/mol. The zero-order chi connectivity index (χ0) is 20.8. The van der Waals surface area contributed by atoms with E-state index in [0.29, 0.717) is 39.6 Å². The highest BCUT2D eigenvalue weighted by molar-refractivity contribution is 8.27. The van der Waals surface area contributed by atoms with Gasteiger partial charge in [-0.15, -0.1) is 0 Å². The summed E-state index contributed by atoms with van der Waals surface area (Å²) in [5.41, 5.74) is 1.54. The van der Waals surface area contributed by atoms with E-state index in [4.69, 9.17) is 26.4 Å². The number of amides is 1. The van der Waals surface area contributed by atoms with Crippen molar-refractivity contribution in [3.8, 4) is 17.2 Å². The first-order valence-corrected chi connectivity index (χ1v) is 10.2. The van der Waals surface area contributed by atoms with Crippen LogP contribution in [0.25, 0.3) is 6.08 Å². The van der Waals surface area contributed by atoms with E-state index in [1.807, 2.05) is 43.3 Å². The monoisotopic (exact) mass is 427 g/mol. The average molecular weight is 428 g/mol. The largest absolute Gasteiger partial charge is 0.497 e. The van der Waals surface area contributed by atoms with Gasteiger partial charge < -0.3 is 14.2 Å². The standard InChI is InChI=1S/C22H21NO4S2/c1-4-12-27-18-11-6-15(13-19(18)26-5-2)14-20-21(24)23(22(28)29-20)16-7-9-17(25-3)10-8-16/h4,6-11,13-14H,1,5,12H2,2-3H3/b20-14-. The first kappa shape index (κ1) is 21.0. The van der Waals surface area contributed by atoms with Crippen molar-refractivity contribution in [2.24, 2.45) is 0 Å². The third kappa shape index (κ3) is 4.81. The third-order valence-corrected chi connectivity index (χ3v) is 5.35. The lowest BCUT2D eigenvalue weighted by Gasteiger charge is -2.14. The fourth-order valence-electron chi connectivity index (χ4n) is 2.72. The molecule has 0 aromatic heterocycles. The number of nitrogens with zero attached hydrogens (tertiary/aromatic N) is 1. The number of thioether (sulfide) groups is 1. The Kier molecular flexibility index (Phi) is 6.95. The van der Waals surface area contributed by atoms with E-state index in [0.717, 1.165) is 11.3 Å². The van der Waals surface area contributed by atoms with Gasteiger partial charge in [0.15, 0.2) is 15.8 Å². The number of thiocarbonyl (C=S) groups is 1. The zero-order valence-electron chi connectivity index (χ0n) is 16.2. The molecule has 1 saturated heterocycles. The van der Waals surface area contributed by atoms with Crippen molar-refractivity contribution < 1.29 is 19.0 Å². The lowest BCUT2D eigenvalue weighted by atomic mass is 10.1. The SMILES string of the molecule is C=CCOc1ccc(/C=C2\SC(=S)N(c3ccc(OC)cc3)C2=O)cc1OCC. The van der Waals surface area contributed by atoms with Gasteiger partial charge in [0.05, 0.1) is 24.3 Å². The molecular weight excluding hydrogens is 406 g/mol. The van der Waals surface area contributed by atoms with Gasteiger partial charge in [-0.25, -0.2) is 0 Å².